The highest BCUT2D eigenvalue weighted by atomic mass is 32.2. The van der Waals surface area contributed by atoms with Crippen molar-refractivity contribution in [3.8, 4) is 6.07 Å². The molecule has 7 heteroatoms. The third-order valence-corrected chi connectivity index (χ3v) is 5.67. The van der Waals surface area contributed by atoms with Gasteiger partial charge < -0.3 is 4.74 Å². The molecule has 0 fully saturated rings. The first-order valence-corrected chi connectivity index (χ1v) is 9.33. The molecule has 0 aliphatic heterocycles. The summed E-state index contributed by atoms with van der Waals surface area (Å²) in [5.41, 5.74) is 0.993. The van der Waals surface area contributed by atoms with Crippen LogP contribution in [0.1, 0.15) is 30.7 Å². The summed E-state index contributed by atoms with van der Waals surface area (Å²) >= 11 is 2.87. The average Bonchev–Trinajstić information content (AvgIpc) is 2.80. The molecule has 23 heavy (non-hydrogen) atoms. The van der Waals surface area contributed by atoms with Crippen molar-refractivity contribution in [2.24, 2.45) is 0 Å². The van der Waals surface area contributed by atoms with E-state index >= 15 is 0 Å². The molecule has 1 atom stereocenters. The predicted molar refractivity (Wildman–Crippen MR) is 95.4 cm³/mol. The van der Waals surface area contributed by atoms with Crippen LogP contribution < -0.4 is 5.56 Å². The Morgan fingerprint density at radius 3 is 2.87 bits per heavy atom. The summed E-state index contributed by atoms with van der Waals surface area (Å²) < 4.78 is 7.05. The van der Waals surface area contributed by atoms with Crippen molar-refractivity contribution < 1.29 is 4.74 Å². The number of fused-ring (bicyclic) bond motifs is 1. The maximum atomic E-state index is 12.9. The molecule has 5 nitrogen and oxygen atoms in total. The second-order valence-corrected chi connectivity index (χ2v) is 7.77. The van der Waals surface area contributed by atoms with Gasteiger partial charge in [0.15, 0.2) is 5.16 Å². The van der Waals surface area contributed by atoms with Crippen molar-refractivity contribution in [1.82, 2.24) is 9.55 Å². The van der Waals surface area contributed by atoms with Crippen LogP contribution in [-0.2, 0) is 11.3 Å². The van der Waals surface area contributed by atoms with Gasteiger partial charge in [0.25, 0.3) is 5.56 Å². The highest BCUT2D eigenvalue weighted by Gasteiger charge is 2.18. The fraction of sp³-hybridized carbons (Fsp3) is 0.562. The Balaban J connectivity index is 2.47. The predicted octanol–water partition coefficient (Wildman–Crippen LogP) is 3.51. The third-order valence-electron chi connectivity index (χ3n) is 3.59. The molecule has 124 valence electrons. The fourth-order valence-electron chi connectivity index (χ4n) is 2.25. The Hall–Kier alpha value is -1.36. The van der Waals surface area contributed by atoms with Crippen LogP contribution in [0.3, 0.4) is 0 Å². The van der Waals surface area contributed by atoms with Crippen molar-refractivity contribution in [2.75, 3.05) is 13.2 Å². The van der Waals surface area contributed by atoms with E-state index < -0.39 is 0 Å². The third kappa shape index (κ3) is 3.94. The van der Waals surface area contributed by atoms with Gasteiger partial charge in [-0.2, -0.15) is 5.26 Å². The van der Waals surface area contributed by atoms with Crippen molar-refractivity contribution >= 4 is 33.3 Å². The minimum atomic E-state index is -0.250. The largest absolute Gasteiger partial charge is 0.382 e. The minimum Gasteiger partial charge on any atom is -0.382 e. The molecule has 0 saturated carbocycles. The highest BCUT2D eigenvalue weighted by Crippen LogP contribution is 2.29. The fourth-order valence-corrected chi connectivity index (χ4v) is 4.14. The van der Waals surface area contributed by atoms with E-state index in [4.69, 9.17) is 10.00 Å². The van der Waals surface area contributed by atoms with Gasteiger partial charge in [-0.3, -0.25) is 9.36 Å². The molecule has 2 aromatic heterocycles. The number of aromatic nitrogens is 2. The molecule has 0 aliphatic rings. The van der Waals surface area contributed by atoms with Crippen LogP contribution in [0.25, 0.3) is 10.2 Å². The number of thioether (sulfide) groups is 1. The van der Waals surface area contributed by atoms with Crippen LogP contribution in [0.2, 0.25) is 0 Å². The zero-order chi connectivity index (χ0) is 17.0. The average molecular weight is 351 g/mol. The zero-order valence-electron chi connectivity index (χ0n) is 13.9. The van der Waals surface area contributed by atoms with E-state index in [2.05, 4.69) is 11.1 Å². The number of rotatable bonds is 7. The van der Waals surface area contributed by atoms with E-state index in [1.165, 1.54) is 23.1 Å². The lowest BCUT2D eigenvalue weighted by Crippen LogP contribution is -2.24. The zero-order valence-corrected chi connectivity index (χ0v) is 15.5. The van der Waals surface area contributed by atoms with Gasteiger partial charge in [0, 0.05) is 24.6 Å². The number of hydrogen-bond donors (Lipinski definition) is 0. The van der Waals surface area contributed by atoms with Gasteiger partial charge in [-0.15, -0.1) is 11.3 Å². The van der Waals surface area contributed by atoms with Crippen LogP contribution >= 0.6 is 23.1 Å². The molecule has 0 aliphatic carbocycles. The lowest BCUT2D eigenvalue weighted by molar-refractivity contribution is 0.140. The van der Waals surface area contributed by atoms with Gasteiger partial charge in [-0.1, -0.05) is 11.8 Å². The summed E-state index contributed by atoms with van der Waals surface area (Å²) in [6, 6.07) is 2.19. The Morgan fingerprint density at radius 1 is 1.48 bits per heavy atom. The van der Waals surface area contributed by atoms with Gasteiger partial charge >= 0.3 is 0 Å². The summed E-state index contributed by atoms with van der Waals surface area (Å²) in [4.78, 5) is 19.4. The Kier molecular flexibility index (Phi) is 6.22. The summed E-state index contributed by atoms with van der Waals surface area (Å²) in [5, 5.41) is 10.1. The van der Waals surface area contributed by atoms with E-state index in [1.807, 2.05) is 27.7 Å². The van der Waals surface area contributed by atoms with Gasteiger partial charge in [0.2, 0.25) is 0 Å². The van der Waals surface area contributed by atoms with E-state index in [0.717, 1.165) is 21.7 Å². The molecule has 0 unspecified atom stereocenters. The van der Waals surface area contributed by atoms with Crippen molar-refractivity contribution in [2.45, 2.75) is 51.1 Å². The van der Waals surface area contributed by atoms with Crippen molar-refractivity contribution in [3.05, 3.63) is 20.8 Å². The maximum absolute atomic E-state index is 12.9. The first-order chi connectivity index (χ1) is 11.0. The molecule has 0 aromatic carbocycles. The Labute approximate surface area is 144 Å². The van der Waals surface area contributed by atoms with Crippen molar-refractivity contribution in [3.63, 3.8) is 0 Å². The lowest BCUT2D eigenvalue weighted by atomic mass is 10.2. The van der Waals surface area contributed by atoms with Crippen LogP contribution in [0, 0.1) is 25.2 Å². The number of ether oxygens (including phenoxy) is 1. The van der Waals surface area contributed by atoms with E-state index in [9.17, 15) is 4.79 Å². The molecule has 0 amide bonds. The maximum Gasteiger partial charge on any atom is 0.263 e. The van der Waals surface area contributed by atoms with E-state index in [0.29, 0.717) is 30.3 Å². The number of nitriles is 1. The van der Waals surface area contributed by atoms with E-state index in [-0.39, 0.29) is 10.8 Å². The second-order valence-electron chi connectivity index (χ2n) is 5.25. The monoisotopic (exact) mass is 351 g/mol. The molecule has 0 spiro atoms. The van der Waals surface area contributed by atoms with Gasteiger partial charge in [0.1, 0.15) is 4.83 Å². The van der Waals surface area contributed by atoms with Crippen LogP contribution in [0.5, 0.6) is 0 Å². The topological polar surface area (TPSA) is 67.9 Å². The van der Waals surface area contributed by atoms with Gasteiger partial charge in [-0.05, 0) is 39.7 Å². The first-order valence-electron chi connectivity index (χ1n) is 7.64. The normalized spacial score (nSPS) is 12.5. The smallest absolute Gasteiger partial charge is 0.263 e. The molecule has 2 rings (SSSR count). The summed E-state index contributed by atoms with van der Waals surface area (Å²) in [6.45, 7) is 9.57. The Morgan fingerprint density at radius 2 is 2.22 bits per heavy atom. The first kappa shape index (κ1) is 18.0. The number of aryl methyl sites for hydroxylation is 2. The van der Waals surface area contributed by atoms with Crippen LogP contribution in [-0.4, -0.2) is 28.0 Å². The number of thiophene rings is 1. The standard InChI is InChI=1S/C16H21N3O2S2/c1-5-21-8-6-7-19-15(20)13-11(3)12(4)23-14(13)18-16(19)22-10(2)9-17/h10H,5-8H2,1-4H3/t10-/m0/s1. The van der Waals surface area contributed by atoms with E-state index in [1.54, 1.807) is 4.57 Å². The molecular formula is C16H21N3O2S2. The summed E-state index contributed by atoms with van der Waals surface area (Å²) in [7, 11) is 0. The quantitative estimate of drug-likeness (QED) is 0.434. The van der Waals surface area contributed by atoms with Crippen molar-refractivity contribution in [1.29, 1.82) is 5.26 Å². The number of nitrogens with zero attached hydrogens (tertiary/aromatic N) is 3. The minimum absolute atomic E-state index is 0.0130. The van der Waals surface area contributed by atoms with Gasteiger partial charge in [0.05, 0.1) is 16.7 Å². The van der Waals surface area contributed by atoms with Crippen LogP contribution in [0.15, 0.2) is 9.95 Å². The van der Waals surface area contributed by atoms with Crippen LogP contribution in [0.4, 0.5) is 0 Å². The molecule has 0 bridgehead atoms. The lowest BCUT2D eigenvalue weighted by Gasteiger charge is -2.12. The molecule has 0 N–H and O–H groups in total. The molecule has 2 heterocycles. The van der Waals surface area contributed by atoms with Gasteiger partial charge in [-0.25, -0.2) is 4.98 Å². The molecule has 0 radical (unpaired) electrons. The molecule has 2 aromatic rings. The SMILES string of the molecule is CCOCCCn1c(S[C@@H](C)C#N)nc2sc(C)c(C)c2c1=O. The highest BCUT2D eigenvalue weighted by molar-refractivity contribution is 8.00. The molecule has 0 saturated heterocycles. The summed E-state index contributed by atoms with van der Waals surface area (Å²) in [5.74, 6) is 0. The summed E-state index contributed by atoms with van der Waals surface area (Å²) in [6.07, 6.45) is 0.748. The number of hydrogen-bond acceptors (Lipinski definition) is 6. The molecular weight excluding hydrogens is 330 g/mol. The second kappa shape index (κ2) is 7.95. The Bertz CT molecular complexity index is 789.